The Morgan fingerprint density at radius 1 is 1.18 bits per heavy atom. The molecule has 0 bridgehead atoms. The zero-order valence-corrected chi connectivity index (χ0v) is 14.0. The van der Waals surface area contributed by atoms with Crippen molar-refractivity contribution in [3.05, 3.63) is 41.6 Å². The minimum Gasteiger partial charge on any atom is -0.357 e. The van der Waals surface area contributed by atoms with Gasteiger partial charge in [-0.3, -0.25) is 20.6 Å². The number of thiocarbonyl (C=S) groups is 1. The number of aryl methyl sites for hydroxylation is 1. The van der Waals surface area contributed by atoms with E-state index in [-0.39, 0.29) is 11.4 Å². The minimum atomic E-state index is -0.250. The molecule has 0 aliphatic heterocycles. The summed E-state index contributed by atoms with van der Waals surface area (Å²) in [6, 6.07) is 9.31. The van der Waals surface area contributed by atoms with Gasteiger partial charge in [0, 0.05) is 16.6 Å². The normalized spacial score (nSPS) is 11.1. The van der Waals surface area contributed by atoms with Gasteiger partial charge in [-0.05, 0) is 52.0 Å². The van der Waals surface area contributed by atoms with Crippen LogP contribution in [-0.4, -0.2) is 21.5 Å². The van der Waals surface area contributed by atoms with Crippen LogP contribution in [-0.2, 0) is 0 Å². The van der Waals surface area contributed by atoms with E-state index in [1.54, 1.807) is 6.07 Å². The molecule has 0 fully saturated rings. The van der Waals surface area contributed by atoms with E-state index in [0.29, 0.717) is 10.7 Å². The van der Waals surface area contributed by atoms with Crippen LogP contribution in [0.25, 0.3) is 10.9 Å². The van der Waals surface area contributed by atoms with E-state index >= 15 is 0 Å². The monoisotopic (exact) mass is 316 g/mol. The molecule has 2 rings (SSSR count). The summed E-state index contributed by atoms with van der Waals surface area (Å²) in [6.45, 7) is 7.83. The van der Waals surface area contributed by atoms with Gasteiger partial charge in [0.2, 0.25) is 0 Å². The number of hydrazine groups is 1. The smallest absolute Gasteiger partial charge is 0.270 e. The number of rotatable bonds is 1. The molecular weight excluding hydrogens is 296 g/mol. The lowest BCUT2D eigenvalue weighted by Crippen LogP contribution is -2.52. The first kappa shape index (κ1) is 16.2. The van der Waals surface area contributed by atoms with Crippen LogP contribution in [0.1, 0.15) is 36.8 Å². The molecular formula is C16H20N4OS. The highest BCUT2D eigenvalue weighted by Gasteiger charge is 2.14. The molecule has 0 unspecified atom stereocenters. The molecule has 116 valence electrons. The number of carbonyl (C=O) groups excluding carboxylic acids is 1. The van der Waals surface area contributed by atoms with E-state index in [1.165, 1.54) is 0 Å². The minimum absolute atomic E-state index is 0.172. The second-order valence-electron chi connectivity index (χ2n) is 6.11. The Balaban J connectivity index is 2.15. The Kier molecular flexibility index (Phi) is 4.61. The highest BCUT2D eigenvalue weighted by atomic mass is 32.1. The molecule has 1 aromatic heterocycles. The highest BCUT2D eigenvalue weighted by Crippen LogP contribution is 2.17. The molecule has 0 radical (unpaired) electrons. The Hall–Kier alpha value is -2.21. The van der Waals surface area contributed by atoms with Gasteiger partial charge in [0.1, 0.15) is 0 Å². The van der Waals surface area contributed by atoms with Gasteiger partial charge in [-0.2, -0.15) is 0 Å². The van der Waals surface area contributed by atoms with Gasteiger partial charge < -0.3 is 5.32 Å². The third-order valence-corrected chi connectivity index (χ3v) is 3.07. The van der Waals surface area contributed by atoms with Crippen LogP contribution >= 0.6 is 12.2 Å². The van der Waals surface area contributed by atoms with E-state index < -0.39 is 0 Å². The van der Waals surface area contributed by atoms with E-state index in [9.17, 15) is 4.79 Å². The third kappa shape index (κ3) is 4.14. The van der Waals surface area contributed by atoms with Gasteiger partial charge in [-0.25, -0.2) is 0 Å². The topological polar surface area (TPSA) is 66.1 Å². The van der Waals surface area contributed by atoms with Crippen LogP contribution in [0, 0.1) is 6.92 Å². The van der Waals surface area contributed by atoms with Crippen molar-refractivity contribution < 1.29 is 4.79 Å². The number of amides is 1. The highest BCUT2D eigenvalue weighted by molar-refractivity contribution is 7.80. The van der Waals surface area contributed by atoms with Crippen LogP contribution in [0.15, 0.2) is 30.3 Å². The fraction of sp³-hybridized carbons (Fsp3) is 0.312. The Bertz CT molecular complexity index is 722. The maximum atomic E-state index is 12.4. The van der Waals surface area contributed by atoms with Crippen molar-refractivity contribution in [2.45, 2.75) is 33.2 Å². The van der Waals surface area contributed by atoms with Gasteiger partial charge in [-0.1, -0.05) is 18.2 Å². The SMILES string of the molecule is Cc1cc(C(=O)NNC(=S)NC(C)(C)C)c2ccccc2n1. The first-order chi connectivity index (χ1) is 10.3. The number of hydrogen-bond donors (Lipinski definition) is 3. The molecule has 0 spiro atoms. The standard InChI is InChI=1S/C16H20N4OS/c1-10-9-12(11-7-5-6-8-13(11)17-10)14(21)19-20-15(22)18-16(2,3)4/h5-9H,1-4H3,(H,19,21)(H2,18,20,22). The lowest BCUT2D eigenvalue weighted by atomic mass is 10.1. The molecule has 0 saturated heterocycles. The average molecular weight is 316 g/mol. The van der Waals surface area contributed by atoms with Gasteiger partial charge >= 0.3 is 0 Å². The Morgan fingerprint density at radius 2 is 1.86 bits per heavy atom. The molecule has 6 heteroatoms. The van der Waals surface area contributed by atoms with Crippen molar-refractivity contribution >= 4 is 34.1 Å². The fourth-order valence-electron chi connectivity index (χ4n) is 2.05. The van der Waals surface area contributed by atoms with E-state index in [4.69, 9.17) is 12.2 Å². The second-order valence-corrected chi connectivity index (χ2v) is 6.52. The van der Waals surface area contributed by atoms with Gasteiger partial charge in [-0.15, -0.1) is 0 Å². The molecule has 3 N–H and O–H groups in total. The van der Waals surface area contributed by atoms with Crippen molar-refractivity contribution in [1.29, 1.82) is 0 Å². The molecule has 0 atom stereocenters. The zero-order chi connectivity index (χ0) is 16.3. The fourth-order valence-corrected chi connectivity index (χ4v) is 2.41. The maximum Gasteiger partial charge on any atom is 0.270 e. The average Bonchev–Trinajstić information content (AvgIpc) is 2.42. The second kappa shape index (κ2) is 6.27. The summed E-state index contributed by atoms with van der Waals surface area (Å²) in [5.74, 6) is -0.250. The number of hydrogen-bond acceptors (Lipinski definition) is 3. The molecule has 1 aromatic carbocycles. The summed E-state index contributed by atoms with van der Waals surface area (Å²) in [7, 11) is 0. The van der Waals surface area contributed by atoms with Crippen molar-refractivity contribution in [2.24, 2.45) is 0 Å². The number of nitrogens with zero attached hydrogens (tertiary/aromatic N) is 1. The summed E-state index contributed by atoms with van der Waals surface area (Å²) in [5.41, 5.74) is 7.32. The number of nitrogens with one attached hydrogen (secondary N) is 3. The molecule has 1 amide bonds. The number of pyridine rings is 1. The Labute approximate surface area is 135 Å². The van der Waals surface area contributed by atoms with Crippen molar-refractivity contribution in [1.82, 2.24) is 21.2 Å². The quantitative estimate of drug-likeness (QED) is 0.557. The largest absolute Gasteiger partial charge is 0.357 e. The van der Waals surface area contributed by atoms with Crippen LogP contribution in [0.2, 0.25) is 0 Å². The van der Waals surface area contributed by atoms with Gasteiger partial charge in [0.25, 0.3) is 5.91 Å². The predicted octanol–water partition coefficient (Wildman–Crippen LogP) is 2.45. The number of para-hydroxylation sites is 1. The van der Waals surface area contributed by atoms with Crippen molar-refractivity contribution in [3.8, 4) is 0 Å². The Morgan fingerprint density at radius 3 is 2.55 bits per heavy atom. The lowest BCUT2D eigenvalue weighted by molar-refractivity contribution is 0.0945. The number of benzene rings is 1. The number of fused-ring (bicyclic) bond motifs is 1. The summed E-state index contributed by atoms with van der Waals surface area (Å²) < 4.78 is 0. The first-order valence-corrected chi connectivity index (χ1v) is 7.42. The number of carbonyl (C=O) groups is 1. The van der Waals surface area contributed by atoms with Gasteiger partial charge in [0.05, 0.1) is 11.1 Å². The van der Waals surface area contributed by atoms with Crippen molar-refractivity contribution in [2.75, 3.05) is 0 Å². The molecule has 5 nitrogen and oxygen atoms in total. The van der Waals surface area contributed by atoms with Crippen LogP contribution in [0.4, 0.5) is 0 Å². The predicted molar refractivity (Wildman–Crippen MR) is 92.6 cm³/mol. The van der Waals surface area contributed by atoms with E-state index in [2.05, 4.69) is 21.2 Å². The van der Waals surface area contributed by atoms with Crippen LogP contribution < -0.4 is 16.2 Å². The molecule has 2 aromatic rings. The lowest BCUT2D eigenvalue weighted by Gasteiger charge is -2.23. The number of aromatic nitrogens is 1. The van der Waals surface area contributed by atoms with E-state index in [0.717, 1.165) is 16.6 Å². The van der Waals surface area contributed by atoms with Gasteiger partial charge in [0.15, 0.2) is 5.11 Å². The summed E-state index contributed by atoms with van der Waals surface area (Å²) in [5, 5.41) is 4.25. The molecule has 0 aliphatic carbocycles. The third-order valence-electron chi connectivity index (χ3n) is 2.87. The van der Waals surface area contributed by atoms with E-state index in [1.807, 2.05) is 52.0 Å². The zero-order valence-electron chi connectivity index (χ0n) is 13.2. The van der Waals surface area contributed by atoms with Crippen LogP contribution in [0.5, 0.6) is 0 Å². The first-order valence-electron chi connectivity index (χ1n) is 7.01. The maximum absolute atomic E-state index is 12.4. The molecule has 22 heavy (non-hydrogen) atoms. The summed E-state index contributed by atoms with van der Waals surface area (Å²) >= 11 is 5.14. The molecule has 1 heterocycles. The summed E-state index contributed by atoms with van der Waals surface area (Å²) in [6.07, 6.45) is 0. The molecule has 0 aliphatic rings. The molecule has 0 saturated carbocycles. The van der Waals surface area contributed by atoms with Crippen LogP contribution in [0.3, 0.4) is 0 Å². The van der Waals surface area contributed by atoms with Crippen molar-refractivity contribution in [3.63, 3.8) is 0 Å². The summed E-state index contributed by atoms with van der Waals surface area (Å²) in [4.78, 5) is 16.8.